The largest absolute Gasteiger partial charge is 0.492 e. The summed E-state index contributed by atoms with van der Waals surface area (Å²) in [5, 5.41) is 3.93. The maximum atomic E-state index is 11.8. The van der Waals surface area contributed by atoms with Gasteiger partial charge in [-0.25, -0.2) is 4.79 Å². The molecule has 0 saturated carbocycles. The van der Waals surface area contributed by atoms with Crippen molar-refractivity contribution in [2.24, 2.45) is 0 Å². The molecule has 1 aliphatic heterocycles. The van der Waals surface area contributed by atoms with Crippen LogP contribution in [0.5, 0.6) is 5.75 Å². The Morgan fingerprint density at radius 3 is 2.73 bits per heavy atom. The molecule has 2 aromatic carbocycles. The highest BCUT2D eigenvalue weighted by Gasteiger charge is 2.31. The van der Waals surface area contributed by atoms with Crippen molar-refractivity contribution < 1.29 is 14.3 Å². The van der Waals surface area contributed by atoms with Crippen LogP contribution in [0.25, 0.3) is 0 Å². The van der Waals surface area contributed by atoms with Crippen molar-refractivity contribution in [3.05, 3.63) is 64.7 Å². The number of fused-ring (bicyclic) bond motifs is 1. The topological polar surface area (TPSA) is 47.6 Å². The van der Waals surface area contributed by atoms with Gasteiger partial charge in [-0.15, -0.1) is 0 Å². The van der Waals surface area contributed by atoms with Crippen LogP contribution in [0, 0.1) is 0 Å². The highest BCUT2D eigenvalue weighted by Crippen LogP contribution is 2.28. The fourth-order valence-corrected chi connectivity index (χ4v) is 2.45. The van der Waals surface area contributed by atoms with Gasteiger partial charge in [0.1, 0.15) is 12.4 Å². The molecule has 2 aromatic rings. The van der Waals surface area contributed by atoms with E-state index in [2.05, 4.69) is 5.32 Å². The fraction of sp³-hybridized carbons (Fsp3) is 0.235. The lowest BCUT2D eigenvalue weighted by atomic mass is 10.1. The molecule has 0 fully saturated rings. The first-order valence-electron chi connectivity index (χ1n) is 7.08. The summed E-state index contributed by atoms with van der Waals surface area (Å²) >= 11 is 5.83. The highest BCUT2D eigenvalue weighted by atomic mass is 35.5. The quantitative estimate of drug-likeness (QED) is 0.856. The van der Waals surface area contributed by atoms with Gasteiger partial charge in [-0.05, 0) is 37.3 Å². The molecule has 1 aliphatic rings. The molecule has 0 bridgehead atoms. The maximum Gasteiger partial charge on any atom is 0.340 e. The van der Waals surface area contributed by atoms with E-state index in [9.17, 15) is 4.79 Å². The predicted molar refractivity (Wildman–Crippen MR) is 84.1 cm³/mol. The molecule has 2 atom stereocenters. The summed E-state index contributed by atoms with van der Waals surface area (Å²) in [6.07, 6.45) is -0.424. The molecule has 1 N–H and O–H groups in total. The summed E-state index contributed by atoms with van der Waals surface area (Å²) in [6, 6.07) is 14.6. The average molecular weight is 318 g/mol. The van der Waals surface area contributed by atoms with E-state index < -0.39 is 6.23 Å². The number of halogens is 1. The van der Waals surface area contributed by atoms with Gasteiger partial charge in [0.05, 0.1) is 5.56 Å². The number of rotatable bonds is 5. The van der Waals surface area contributed by atoms with Crippen molar-refractivity contribution in [3.63, 3.8) is 0 Å². The van der Waals surface area contributed by atoms with Crippen molar-refractivity contribution >= 4 is 17.6 Å². The lowest BCUT2D eigenvalue weighted by Gasteiger charge is -2.19. The molecule has 3 rings (SSSR count). The molecule has 2 unspecified atom stereocenters. The number of carbonyl (C=O) groups is 1. The molecule has 22 heavy (non-hydrogen) atoms. The van der Waals surface area contributed by atoms with E-state index in [0.29, 0.717) is 17.2 Å². The fourth-order valence-electron chi connectivity index (χ4n) is 2.33. The minimum absolute atomic E-state index is 0.0136. The molecule has 114 valence electrons. The second-order valence-electron chi connectivity index (χ2n) is 5.21. The van der Waals surface area contributed by atoms with E-state index in [0.717, 1.165) is 11.3 Å². The Bertz CT molecular complexity index is 672. The van der Waals surface area contributed by atoms with Gasteiger partial charge in [-0.2, -0.15) is 0 Å². The number of cyclic esters (lactones) is 1. The third kappa shape index (κ3) is 3.24. The standard InChI is InChI=1S/C17H16ClNO3/c1-11(10-21-13-8-6-12(18)7-9-13)19-16-14-4-2-3-5-15(14)17(20)22-16/h2-9,11,16,19H,10H2,1H3. The molecule has 1 heterocycles. The number of hydrogen-bond donors (Lipinski definition) is 1. The summed E-state index contributed by atoms with van der Waals surface area (Å²) in [7, 11) is 0. The van der Waals surface area contributed by atoms with Crippen LogP contribution in [0.4, 0.5) is 0 Å². The number of benzene rings is 2. The van der Waals surface area contributed by atoms with Gasteiger partial charge in [0.25, 0.3) is 0 Å². The molecule has 0 amide bonds. The zero-order valence-electron chi connectivity index (χ0n) is 12.1. The average Bonchev–Trinajstić information content (AvgIpc) is 2.83. The zero-order chi connectivity index (χ0) is 15.5. The predicted octanol–water partition coefficient (Wildman–Crippen LogP) is 3.57. The van der Waals surface area contributed by atoms with Crippen LogP contribution >= 0.6 is 11.6 Å². The summed E-state index contributed by atoms with van der Waals surface area (Å²) in [5.74, 6) is 0.459. The third-order valence-corrected chi connectivity index (χ3v) is 3.69. The van der Waals surface area contributed by atoms with Crippen molar-refractivity contribution in [1.82, 2.24) is 5.32 Å². The lowest BCUT2D eigenvalue weighted by Crippen LogP contribution is -2.35. The second-order valence-corrected chi connectivity index (χ2v) is 5.64. The van der Waals surface area contributed by atoms with Crippen LogP contribution in [-0.4, -0.2) is 18.6 Å². The van der Waals surface area contributed by atoms with Crippen molar-refractivity contribution in [1.29, 1.82) is 0 Å². The molecular weight excluding hydrogens is 302 g/mol. The van der Waals surface area contributed by atoms with Crippen LogP contribution < -0.4 is 10.1 Å². The van der Waals surface area contributed by atoms with Crippen LogP contribution in [0.1, 0.15) is 29.1 Å². The summed E-state index contributed by atoms with van der Waals surface area (Å²) in [4.78, 5) is 11.8. The SMILES string of the molecule is CC(COc1ccc(Cl)cc1)NC1OC(=O)c2ccccc21. The van der Waals surface area contributed by atoms with Gasteiger partial charge in [0.2, 0.25) is 0 Å². The van der Waals surface area contributed by atoms with Gasteiger partial charge in [0.15, 0.2) is 6.23 Å². The van der Waals surface area contributed by atoms with Crippen molar-refractivity contribution in [2.75, 3.05) is 6.61 Å². The van der Waals surface area contributed by atoms with Gasteiger partial charge in [0, 0.05) is 16.6 Å². The van der Waals surface area contributed by atoms with Gasteiger partial charge in [-0.1, -0.05) is 29.8 Å². The van der Waals surface area contributed by atoms with Crippen LogP contribution in [-0.2, 0) is 4.74 Å². The molecule has 0 aromatic heterocycles. The first-order chi connectivity index (χ1) is 10.6. The minimum atomic E-state index is -0.424. The van der Waals surface area contributed by atoms with Crippen LogP contribution in [0.3, 0.4) is 0 Å². The summed E-state index contributed by atoms with van der Waals surface area (Å²) < 4.78 is 11.0. The van der Waals surface area contributed by atoms with Crippen LogP contribution in [0.2, 0.25) is 5.02 Å². The summed E-state index contributed by atoms with van der Waals surface area (Å²) in [6.45, 7) is 2.43. The maximum absolute atomic E-state index is 11.8. The van der Waals surface area contributed by atoms with E-state index in [-0.39, 0.29) is 12.0 Å². The van der Waals surface area contributed by atoms with Gasteiger partial charge < -0.3 is 9.47 Å². The number of hydrogen-bond acceptors (Lipinski definition) is 4. The molecule has 0 radical (unpaired) electrons. The minimum Gasteiger partial charge on any atom is -0.492 e. The Hall–Kier alpha value is -2.04. The first kappa shape index (κ1) is 14.9. The normalized spacial score (nSPS) is 17.7. The van der Waals surface area contributed by atoms with E-state index in [1.54, 1.807) is 18.2 Å². The van der Waals surface area contributed by atoms with Gasteiger partial charge in [-0.3, -0.25) is 5.32 Å². The van der Waals surface area contributed by atoms with Gasteiger partial charge >= 0.3 is 5.97 Å². The Morgan fingerprint density at radius 1 is 1.23 bits per heavy atom. The molecular formula is C17H16ClNO3. The van der Waals surface area contributed by atoms with E-state index >= 15 is 0 Å². The lowest BCUT2D eigenvalue weighted by molar-refractivity contribution is 0.0264. The molecule has 0 aliphatic carbocycles. The molecule has 0 spiro atoms. The molecule has 5 heteroatoms. The van der Waals surface area contributed by atoms with E-state index in [1.807, 2.05) is 37.3 Å². The van der Waals surface area contributed by atoms with E-state index in [1.165, 1.54) is 0 Å². The highest BCUT2D eigenvalue weighted by molar-refractivity contribution is 6.30. The Balaban J connectivity index is 1.57. The number of ether oxygens (including phenoxy) is 2. The zero-order valence-corrected chi connectivity index (χ0v) is 12.8. The first-order valence-corrected chi connectivity index (χ1v) is 7.45. The second kappa shape index (κ2) is 6.38. The molecule has 0 saturated heterocycles. The Labute approximate surface area is 134 Å². The Morgan fingerprint density at radius 2 is 1.95 bits per heavy atom. The van der Waals surface area contributed by atoms with Crippen LogP contribution in [0.15, 0.2) is 48.5 Å². The molecule has 4 nitrogen and oxygen atoms in total. The van der Waals surface area contributed by atoms with E-state index in [4.69, 9.17) is 21.1 Å². The third-order valence-electron chi connectivity index (χ3n) is 3.44. The number of esters is 1. The van der Waals surface area contributed by atoms with Crippen molar-refractivity contribution in [3.8, 4) is 5.75 Å². The summed E-state index contributed by atoms with van der Waals surface area (Å²) in [5.41, 5.74) is 1.48. The number of nitrogens with one attached hydrogen (secondary N) is 1. The Kier molecular flexibility index (Phi) is 4.32. The smallest absolute Gasteiger partial charge is 0.340 e. The monoisotopic (exact) mass is 317 g/mol. The number of carbonyl (C=O) groups excluding carboxylic acids is 1. The van der Waals surface area contributed by atoms with Crippen molar-refractivity contribution in [2.45, 2.75) is 19.2 Å².